The van der Waals surface area contributed by atoms with Crippen LogP contribution < -0.4 is 5.56 Å². The van der Waals surface area contributed by atoms with Crippen molar-refractivity contribution in [2.45, 2.75) is 17.3 Å². The number of rotatable bonds is 3. The zero-order valence-electron chi connectivity index (χ0n) is 11.5. The van der Waals surface area contributed by atoms with Gasteiger partial charge in [-0.05, 0) is 30.0 Å². The first kappa shape index (κ1) is 14.6. The highest BCUT2D eigenvalue weighted by molar-refractivity contribution is 7.99. The van der Waals surface area contributed by atoms with Crippen molar-refractivity contribution >= 4 is 44.9 Å². The molecule has 0 radical (unpaired) electrons. The van der Waals surface area contributed by atoms with Crippen LogP contribution in [0.5, 0.6) is 0 Å². The molecule has 0 spiro atoms. The van der Waals surface area contributed by atoms with Crippen molar-refractivity contribution in [1.29, 1.82) is 0 Å². The Morgan fingerprint density at radius 3 is 2.86 bits per heavy atom. The first-order valence-corrected chi connectivity index (χ1v) is 8.57. The summed E-state index contributed by atoms with van der Waals surface area (Å²) in [7, 11) is 1.76. The van der Waals surface area contributed by atoms with Crippen molar-refractivity contribution in [2.24, 2.45) is 7.05 Å². The van der Waals surface area contributed by atoms with E-state index < -0.39 is 0 Å². The minimum Gasteiger partial charge on any atom is -0.290 e. The van der Waals surface area contributed by atoms with Gasteiger partial charge in [-0.25, -0.2) is 4.98 Å². The van der Waals surface area contributed by atoms with Crippen molar-refractivity contribution in [2.75, 3.05) is 0 Å². The number of fused-ring (bicyclic) bond motifs is 1. The number of halogens is 1. The molecule has 0 fully saturated rings. The molecule has 0 aliphatic rings. The third-order valence-corrected chi connectivity index (χ3v) is 5.62. The Kier molecular flexibility index (Phi) is 4.06. The summed E-state index contributed by atoms with van der Waals surface area (Å²) in [4.78, 5) is 17.7. The van der Waals surface area contributed by atoms with Gasteiger partial charge < -0.3 is 0 Å². The molecule has 0 aliphatic heterocycles. The fourth-order valence-electron chi connectivity index (χ4n) is 2.11. The van der Waals surface area contributed by atoms with Crippen LogP contribution in [0.4, 0.5) is 0 Å². The Morgan fingerprint density at radius 1 is 1.33 bits per heavy atom. The van der Waals surface area contributed by atoms with Crippen molar-refractivity contribution in [1.82, 2.24) is 9.55 Å². The molecule has 0 amide bonds. The minimum absolute atomic E-state index is 0.00453. The predicted octanol–water partition coefficient (Wildman–Crippen LogP) is 4.50. The zero-order chi connectivity index (χ0) is 15.0. The number of benzene rings is 1. The molecule has 1 unspecified atom stereocenters. The van der Waals surface area contributed by atoms with E-state index in [1.165, 1.54) is 11.3 Å². The fourth-order valence-corrected chi connectivity index (χ4v) is 4.32. The zero-order valence-corrected chi connectivity index (χ0v) is 13.9. The number of thioether (sulfide) groups is 1. The van der Waals surface area contributed by atoms with Gasteiger partial charge in [0.1, 0.15) is 4.83 Å². The van der Waals surface area contributed by atoms with E-state index in [4.69, 9.17) is 11.6 Å². The van der Waals surface area contributed by atoms with Gasteiger partial charge in [0, 0.05) is 17.3 Å². The Balaban J connectivity index is 2.00. The molecule has 0 bridgehead atoms. The van der Waals surface area contributed by atoms with E-state index in [1.54, 1.807) is 23.4 Å². The number of hydrogen-bond donors (Lipinski definition) is 0. The normalized spacial score (nSPS) is 12.7. The maximum Gasteiger partial charge on any atom is 0.262 e. The summed E-state index contributed by atoms with van der Waals surface area (Å²) in [6.45, 7) is 2.07. The van der Waals surface area contributed by atoms with Crippen LogP contribution in [0.15, 0.2) is 45.7 Å². The topological polar surface area (TPSA) is 34.9 Å². The molecule has 2 heterocycles. The Bertz CT molecular complexity index is 856. The van der Waals surface area contributed by atoms with Crippen LogP contribution in [0.1, 0.15) is 17.7 Å². The second-order valence-corrected chi connectivity index (χ2v) is 7.29. The maximum absolute atomic E-state index is 12.3. The van der Waals surface area contributed by atoms with Crippen LogP contribution in [0.2, 0.25) is 5.02 Å². The molecule has 0 N–H and O–H groups in total. The van der Waals surface area contributed by atoms with Gasteiger partial charge in [-0.2, -0.15) is 0 Å². The molecule has 2 aromatic heterocycles. The van der Waals surface area contributed by atoms with E-state index in [9.17, 15) is 4.79 Å². The molecular weight excluding hydrogens is 324 g/mol. The van der Waals surface area contributed by atoms with E-state index in [-0.39, 0.29) is 10.8 Å². The third-order valence-electron chi connectivity index (χ3n) is 3.29. The van der Waals surface area contributed by atoms with Crippen molar-refractivity contribution in [3.63, 3.8) is 0 Å². The lowest BCUT2D eigenvalue weighted by atomic mass is 10.2. The summed E-state index contributed by atoms with van der Waals surface area (Å²) in [5.41, 5.74) is 1.04. The number of aromatic nitrogens is 2. The van der Waals surface area contributed by atoms with Crippen molar-refractivity contribution in [3.05, 3.63) is 56.7 Å². The van der Waals surface area contributed by atoms with Gasteiger partial charge in [0.05, 0.1) is 5.39 Å². The lowest BCUT2D eigenvalue weighted by Crippen LogP contribution is -2.19. The van der Waals surface area contributed by atoms with Gasteiger partial charge in [-0.15, -0.1) is 11.3 Å². The van der Waals surface area contributed by atoms with Crippen LogP contribution >= 0.6 is 34.7 Å². The van der Waals surface area contributed by atoms with Crippen LogP contribution in [0, 0.1) is 0 Å². The average Bonchev–Trinajstić information content (AvgIpc) is 2.93. The Morgan fingerprint density at radius 2 is 2.10 bits per heavy atom. The number of thiophene rings is 1. The second-order valence-electron chi connectivity index (χ2n) is 4.68. The smallest absolute Gasteiger partial charge is 0.262 e. The lowest BCUT2D eigenvalue weighted by Gasteiger charge is -2.14. The second kappa shape index (κ2) is 5.83. The number of hydrogen-bond acceptors (Lipinski definition) is 4. The summed E-state index contributed by atoms with van der Waals surface area (Å²) in [6, 6.07) is 9.58. The van der Waals surface area contributed by atoms with E-state index in [2.05, 4.69) is 11.9 Å². The standard InChI is InChI=1S/C15H13ClN2OS2/c1-9(10-5-3-4-6-12(10)16)21-15-17-13-11(7-8-20-13)14(19)18(15)2/h3-9H,1-2H3. The molecule has 0 aliphatic carbocycles. The van der Waals surface area contributed by atoms with Crippen molar-refractivity contribution < 1.29 is 0 Å². The Labute approximate surface area is 135 Å². The first-order valence-electron chi connectivity index (χ1n) is 6.43. The average molecular weight is 337 g/mol. The van der Waals surface area contributed by atoms with E-state index in [0.29, 0.717) is 10.5 Å². The van der Waals surface area contributed by atoms with Gasteiger partial charge in [0.25, 0.3) is 5.56 Å². The van der Waals surface area contributed by atoms with Crippen LogP contribution in [0.3, 0.4) is 0 Å². The van der Waals surface area contributed by atoms with Gasteiger partial charge in [-0.1, -0.05) is 41.6 Å². The molecule has 1 aromatic carbocycles. The quantitative estimate of drug-likeness (QED) is 0.521. The molecule has 3 aromatic rings. The molecule has 108 valence electrons. The van der Waals surface area contributed by atoms with Gasteiger partial charge >= 0.3 is 0 Å². The summed E-state index contributed by atoms with van der Waals surface area (Å²) in [5, 5.41) is 4.14. The van der Waals surface area contributed by atoms with E-state index in [0.717, 1.165) is 15.4 Å². The SMILES string of the molecule is CC(Sc1nc2sccc2c(=O)n1C)c1ccccc1Cl. The summed E-state index contributed by atoms with van der Waals surface area (Å²) >= 11 is 9.26. The molecule has 1 atom stereocenters. The van der Waals surface area contributed by atoms with Gasteiger partial charge in [0.2, 0.25) is 0 Å². The minimum atomic E-state index is -0.00453. The highest BCUT2D eigenvalue weighted by Gasteiger charge is 2.15. The first-order chi connectivity index (χ1) is 10.1. The summed E-state index contributed by atoms with van der Waals surface area (Å²) < 4.78 is 1.60. The molecule has 6 heteroatoms. The summed E-state index contributed by atoms with van der Waals surface area (Å²) in [5.74, 6) is 0. The predicted molar refractivity (Wildman–Crippen MR) is 90.6 cm³/mol. The lowest BCUT2D eigenvalue weighted by molar-refractivity contribution is 0.725. The van der Waals surface area contributed by atoms with Gasteiger partial charge in [-0.3, -0.25) is 9.36 Å². The molecule has 0 saturated heterocycles. The van der Waals surface area contributed by atoms with Gasteiger partial charge in [0.15, 0.2) is 5.16 Å². The molecule has 21 heavy (non-hydrogen) atoms. The maximum atomic E-state index is 12.3. The van der Waals surface area contributed by atoms with Crippen LogP contribution in [-0.2, 0) is 7.05 Å². The third kappa shape index (κ3) is 2.73. The molecular formula is C15H13ClN2OS2. The van der Waals surface area contributed by atoms with E-state index in [1.807, 2.05) is 35.7 Å². The highest BCUT2D eigenvalue weighted by atomic mass is 35.5. The monoisotopic (exact) mass is 336 g/mol. The van der Waals surface area contributed by atoms with Crippen LogP contribution in [0.25, 0.3) is 10.2 Å². The largest absolute Gasteiger partial charge is 0.290 e. The van der Waals surface area contributed by atoms with Crippen LogP contribution in [-0.4, -0.2) is 9.55 Å². The highest BCUT2D eigenvalue weighted by Crippen LogP contribution is 2.37. The molecule has 3 nitrogen and oxygen atoms in total. The number of nitrogens with zero attached hydrogens (tertiary/aromatic N) is 2. The summed E-state index contributed by atoms with van der Waals surface area (Å²) in [6.07, 6.45) is 0. The Hall–Kier alpha value is -1.30. The fraction of sp³-hybridized carbons (Fsp3) is 0.200. The molecule has 3 rings (SSSR count). The molecule has 0 saturated carbocycles. The van der Waals surface area contributed by atoms with Crippen molar-refractivity contribution in [3.8, 4) is 0 Å². The van der Waals surface area contributed by atoms with E-state index >= 15 is 0 Å².